The third-order valence-electron chi connectivity index (χ3n) is 8.18. The fourth-order valence-electron chi connectivity index (χ4n) is 6.00. The van der Waals surface area contributed by atoms with Crippen molar-refractivity contribution in [3.8, 4) is 11.3 Å². The molecule has 0 saturated carbocycles. The van der Waals surface area contributed by atoms with Crippen LogP contribution in [-0.4, -0.2) is 78.5 Å². The predicted octanol–water partition coefficient (Wildman–Crippen LogP) is 5.33. The third kappa shape index (κ3) is 6.24. The molecule has 3 aromatic heterocycles. The molecule has 228 valence electrons. The van der Waals surface area contributed by atoms with Gasteiger partial charge in [0.15, 0.2) is 11.6 Å². The quantitative estimate of drug-likeness (QED) is 0.271. The van der Waals surface area contributed by atoms with Crippen LogP contribution >= 0.6 is 0 Å². The van der Waals surface area contributed by atoms with Crippen molar-refractivity contribution in [2.45, 2.75) is 46.2 Å². The average molecular weight is 609 g/mol. The Kier molecular flexibility index (Phi) is 7.68. The highest BCUT2D eigenvalue weighted by molar-refractivity contribution is 7.93. The van der Waals surface area contributed by atoms with Crippen LogP contribution in [0.25, 0.3) is 22.3 Å². The first kappa shape index (κ1) is 29.5. The van der Waals surface area contributed by atoms with Crippen LogP contribution in [0.15, 0.2) is 30.5 Å². The molecule has 1 fully saturated rings. The molecule has 1 aromatic carbocycles. The molecular formula is C30H38F2N10S. The Morgan fingerprint density at radius 2 is 1.70 bits per heavy atom. The van der Waals surface area contributed by atoms with E-state index in [1.54, 1.807) is 6.07 Å². The lowest BCUT2D eigenvalue weighted by atomic mass is 10.1. The molecular weight excluding hydrogens is 570 g/mol. The second kappa shape index (κ2) is 11.2. The summed E-state index contributed by atoms with van der Waals surface area (Å²) in [6.45, 7) is 13.2. The average Bonchev–Trinajstić information content (AvgIpc) is 3.30. The number of benzene rings is 1. The predicted molar refractivity (Wildman–Crippen MR) is 166 cm³/mol. The van der Waals surface area contributed by atoms with E-state index in [2.05, 4.69) is 36.1 Å². The molecule has 0 unspecified atom stereocenters. The summed E-state index contributed by atoms with van der Waals surface area (Å²) in [6, 6.07) is 6.93. The lowest BCUT2D eigenvalue weighted by Gasteiger charge is -2.33. The second-order valence-electron chi connectivity index (χ2n) is 12.5. The number of imidazole rings is 1. The van der Waals surface area contributed by atoms with Gasteiger partial charge < -0.3 is 14.8 Å². The van der Waals surface area contributed by atoms with Crippen LogP contribution in [0, 0.1) is 28.1 Å². The number of anilines is 2. The number of nitrogens with one attached hydrogen (secondary N) is 3. The monoisotopic (exact) mass is 608 g/mol. The Morgan fingerprint density at radius 3 is 2.44 bits per heavy atom. The van der Waals surface area contributed by atoms with Gasteiger partial charge in [0, 0.05) is 74.0 Å². The number of halogens is 2. The Hall–Kier alpha value is -3.55. The highest BCUT2D eigenvalue weighted by atomic mass is 32.2. The van der Waals surface area contributed by atoms with Gasteiger partial charge in [-0.25, -0.2) is 28.7 Å². The van der Waals surface area contributed by atoms with E-state index in [1.807, 2.05) is 38.3 Å². The molecule has 0 amide bonds. The van der Waals surface area contributed by atoms with Gasteiger partial charge >= 0.3 is 0 Å². The van der Waals surface area contributed by atoms with Gasteiger partial charge in [-0.15, -0.1) is 0 Å². The van der Waals surface area contributed by atoms with Crippen LogP contribution in [-0.2, 0) is 28.1 Å². The first-order chi connectivity index (χ1) is 20.4. The van der Waals surface area contributed by atoms with Crippen molar-refractivity contribution >= 4 is 32.4 Å². The zero-order valence-electron chi connectivity index (χ0n) is 25.0. The van der Waals surface area contributed by atoms with Crippen molar-refractivity contribution in [1.82, 2.24) is 34.3 Å². The SMILES string of the molecule is Cc1nc2c(F)cc(-c3nc(Nc4ccc5c(n4)CCN(CCN4CCS(=N)(=N)CC4)C5)ncc3F)cc2n1C(C)(C)C. The lowest BCUT2D eigenvalue weighted by Crippen LogP contribution is -2.44. The summed E-state index contributed by atoms with van der Waals surface area (Å²) in [6.07, 6.45) is 1.90. The highest BCUT2D eigenvalue weighted by Gasteiger charge is 2.24. The molecule has 0 spiro atoms. The zero-order valence-corrected chi connectivity index (χ0v) is 25.9. The Balaban J connectivity index is 1.17. The van der Waals surface area contributed by atoms with Gasteiger partial charge in [-0.2, -0.15) is 0 Å². The molecule has 5 heterocycles. The minimum Gasteiger partial charge on any atom is -0.323 e. The van der Waals surface area contributed by atoms with Gasteiger partial charge in [-0.05, 0) is 51.5 Å². The molecule has 4 aromatic rings. The fraction of sp³-hybridized carbons (Fsp3) is 0.467. The maximum atomic E-state index is 15.2. The molecule has 1 saturated heterocycles. The topological polar surface area (TPSA) is 123 Å². The maximum Gasteiger partial charge on any atom is 0.229 e. The molecule has 0 aliphatic carbocycles. The summed E-state index contributed by atoms with van der Waals surface area (Å²) in [4.78, 5) is 22.5. The zero-order chi connectivity index (χ0) is 30.5. The summed E-state index contributed by atoms with van der Waals surface area (Å²) < 4.78 is 48.1. The standard InChI is InChI=1S/C30H38F2N10S/c1-19-36-28-22(31)15-21(16-25(28)42(19)30(2,3)4)27-23(32)17-35-29(39-27)38-26-6-5-20-18-41(8-7-24(20)37-26)10-9-40-11-13-43(33,34)14-12-40/h5-6,15-17,33-34H,7-14,18H2,1-4H3,(H,35,37,38,39). The molecule has 13 heteroatoms. The number of nitrogens with zero attached hydrogens (tertiary/aromatic N) is 7. The minimum absolute atomic E-state index is 0.00235. The molecule has 10 nitrogen and oxygen atoms in total. The number of aromatic nitrogens is 5. The van der Waals surface area contributed by atoms with Gasteiger partial charge in [0.1, 0.15) is 22.9 Å². The van der Waals surface area contributed by atoms with Crippen molar-refractivity contribution in [3.63, 3.8) is 0 Å². The number of hydrogen-bond donors (Lipinski definition) is 3. The van der Waals surface area contributed by atoms with Crippen LogP contribution in [0.1, 0.15) is 37.9 Å². The van der Waals surface area contributed by atoms with E-state index < -0.39 is 21.3 Å². The van der Waals surface area contributed by atoms with Crippen LogP contribution in [0.4, 0.5) is 20.5 Å². The Bertz CT molecular complexity index is 1780. The van der Waals surface area contributed by atoms with E-state index >= 15 is 8.78 Å². The summed E-state index contributed by atoms with van der Waals surface area (Å²) in [5.74, 6) is 1.61. The van der Waals surface area contributed by atoms with Gasteiger partial charge in [0.25, 0.3) is 0 Å². The Morgan fingerprint density at radius 1 is 0.953 bits per heavy atom. The smallest absolute Gasteiger partial charge is 0.229 e. The molecule has 0 radical (unpaired) electrons. The van der Waals surface area contributed by atoms with E-state index in [0.717, 1.165) is 57.6 Å². The summed E-state index contributed by atoms with van der Waals surface area (Å²) in [5.41, 5.74) is 2.97. The normalized spacial score (nSPS) is 17.7. The fourth-order valence-corrected chi connectivity index (χ4v) is 7.35. The first-order valence-corrected chi connectivity index (χ1v) is 16.5. The number of hydrogen-bond acceptors (Lipinski definition) is 9. The largest absolute Gasteiger partial charge is 0.323 e. The van der Waals surface area contributed by atoms with Crippen LogP contribution < -0.4 is 5.32 Å². The summed E-state index contributed by atoms with van der Waals surface area (Å²) in [7, 11) is -1.88. The van der Waals surface area contributed by atoms with Crippen molar-refractivity contribution in [3.05, 3.63) is 59.2 Å². The van der Waals surface area contributed by atoms with Gasteiger partial charge in [0.2, 0.25) is 5.95 Å². The first-order valence-electron chi connectivity index (χ1n) is 14.6. The van der Waals surface area contributed by atoms with Gasteiger partial charge in [-0.1, -0.05) is 15.7 Å². The van der Waals surface area contributed by atoms with Crippen molar-refractivity contribution in [2.24, 2.45) is 0 Å². The molecule has 2 aliphatic rings. The van der Waals surface area contributed by atoms with E-state index in [1.165, 1.54) is 11.6 Å². The number of fused-ring (bicyclic) bond motifs is 2. The second-order valence-corrected chi connectivity index (χ2v) is 15.1. The Labute approximate surface area is 251 Å². The molecule has 43 heavy (non-hydrogen) atoms. The number of aryl methyl sites for hydroxylation is 1. The lowest BCUT2D eigenvalue weighted by molar-refractivity contribution is 0.200. The molecule has 3 N–H and O–H groups in total. The maximum absolute atomic E-state index is 15.2. The van der Waals surface area contributed by atoms with Gasteiger partial charge in [0.05, 0.1) is 11.7 Å². The van der Waals surface area contributed by atoms with E-state index in [-0.39, 0.29) is 22.7 Å². The van der Waals surface area contributed by atoms with E-state index in [9.17, 15) is 0 Å². The number of pyridine rings is 1. The summed E-state index contributed by atoms with van der Waals surface area (Å²) >= 11 is 0. The summed E-state index contributed by atoms with van der Waals surface area (Å²) in [5, 5.41) is 3.11. The molecule has 2 aliphatic heterocycles. The van der Waals surface area contributed by atoms with E-state index in [4.69, 9.17) is 14.5 Å². The third-order valence-corrected chi connectivity index (χ3v) is 9.94. The van der Waals surface area contributed by atoms with Crippen molar-refractivity contribution < 1.29 is 8.78 Å². The van der Waals surface area contributed by atoms with Crippen LogP contribution in [0.2, 0.25) is 0 Å². The molecule has 6 rings (SSSR count). The minimum atomic E-state index is -1.88. The molecule has 0 atom stereocenters. The van der Waals surface area contributed by atoms with Crippen molar-refractivity contribution in [1.29, 1.82) is 9.56 Å². The highest BCUT2D eigenvalue weighted by Crippen LogP contribution is 2.32. The van der Waals surface area contributed by atoms with Gasteiger partial charge in [-0.3, -0.25) is 14.5 Å². The van der Waals surface area contributed by atoms with Crippen molar-refractivity contribution in [2.75, 3.05) is 49.5 Å². The molecule has 0 bridgehead atoms. The number of rotatable bonds is 6. The van der Waals surface area contributed by atoms with E-state index in [0.29, 0.717) is 34.2 Å². The van der Waals surface area contributed by atoms with Crippen LogP contribution in [0.3, 0.4) is 0 Å². The van der Waals surface area contributed by atoms with Crippen LogP contribution in [0.5, 0.6) is 0 Å².